The minimum atomic E-state index is 0.538. The summed E-state index contributed by atoms with van der Waals surface area (Å²) in [4.78, 5) is 2.49. The van der Waals surface area contributed by atoms with Crippen LogP contribution in [0.4, 0.5) is 0 Å². The normalized spacial score (nSPS) is 15.6. The summed E-state index contributed by atoms with van der Waals surface area (Å²) in [5, 5.41) is 1.12. The molecule has 0 saturated carbocycles. The molecule has 2 nitrogen and oxygen atoms in total. The van der Waals surface area contributed by atoms with E-state index >= 15 is 0 Å². The average molecular weight is 280 g/mol. The summed E-state index contributed by atoms with van der Waals surface area (Å²) in [6, 6.07) is 0.538. The molecular formula is C12H26BrNO. The van der Waals surface area contributed by atoms with Crippen molar-refractivity contribution < 1.29 is 4.74 Å². The molecule has 0 spiro atoms. The lowest BCUT2D eigenvalue weighted by molar-refractivity contribution is 0.0989. The maximum absolute atomic E-state index is 5.19. The molecule has 0 bridgehead atoms. The Bertz CT molecular complexity index is 144. The van der Waals surface area contributed by atoms with Crippen LogP contribution in [-0.4, -0.2) is 43.1 Å². The molecule has 0 aliphatic heterocycles. The zero-order valence-corrected chi connectivity index (χ0v) is 12.2. The van der Waals surface area contributed by atoms with Gasteiger partial charge < -0.3 is 4.74 Å². The van der Waals surface area contributed by atoms with Crippen molar-refractivity contribution in [3.8, 4) is 0 Å². The van der Waals surface area contributed by atoms with Crippen LogP contribution < -0.4 is 0 Å². The van der Waals surface area contributed by atoms with Gasteiger partial charge >= 0.3 is 0 Å². The van der Waals surface area contributed by atoms with E-state index in [1.807, 2.05) is 0 Å². The first-order valence-corrected chi connectivity index (χ1v) is 7.06. The molecule has 0 rings (SSSR count). The zero-order valence-electron chi connectivity index (χ0n) is 10.6. The molecule has 0 aromatic rings. The predicted octanol–water partition coefficient (Wildman–Crippen LogP) is 3.15. The number of halogens is 1. The summed E-state index contributed by atoms with van der Waals surface area (Å²) in [7, 11) is 1.78. The van der Waals surface area contributed by atoms with E-state index in [0.717, 1.165) is 24.4 Å². The van der Waals surface area contributed by atoms with Gasteiger partial charge in [-0.1, -0.05) is 29.8 Å². The van der Waals surface area contributed by atoms with Gasteiger partial charge in [-0.15, -0.1) is 0 Å². The zero-order chi connectivity index (χ0) is 11.7. The molecule has 0 radical (unpaired) electrons. The highest BCUT2D eigenvalue weighted by molar-refractivity contribution is 9.09. The van der Waals surface area contributed by atoms with Crippen molar-refractivity contribution in [1.29, 1.82) is 0 Å². The minimum absolute atomic E-state index is 0.538. The van der Waals surface area contributed by atoms with Crippen LogP contribution in [-0.2, 0) is 4.74 Å². The van der Waals surface area contributed by atoms with Gasteiger partial charge in [-0.3, -0.25) is 4.90 Å². The molecule has 2 atom stereocenters. The van der Waals surface area contributed by atoms with Crippen LogP contribution in [0.2, 0.25) is 0 Å². The van der Waals surface area contributed by atoms with Gasteiger partial charge in [0.15, 0.2) is 0 Å². The van der Waals surface area contributed by atoms with Gasteiger partial charge in [-0.2, -0.15) is 0 Å². The summed E-state index contributed by atoms with van der Waals surface area (Å²) in [6.07, 6.45) is 2.56. The van der Waals surface area contributed by atoms with Crippen LogP contribution in [0.15, 0.2) is 0 Å². The predicted molar refractivity (Wildman–Crippen MR) is 70.8 cm³/mol. The van der Waals surface area contributed by atoms with Crippen molar-refractivity contribution in [1.82, 2.24) is 4.90 Å². The second kappa shape index (κ2) is 9.61. The Morgan fingerprint density at radius 3 is 2.40 bits per heavy atom. The van der Waals surface area contributed by atoms with Gasteiger partial charge in [0, 0.05) is 18.5 Å². The first-order valence-electron chi connectivity index (χ1n) is 5.94. The molecule has 0 amide bonds. The molecule has 2 unspecified atom stereocenters. The lowest BCUT2D eigenvalue weighted by Gasteiger charge is -2.28. The molecule has 0 N–H and O–H groups in total. The maximum atomic E-state index is 5.19. The molecule has 0 aliphatic carbocycles. The highest BCUT2D eigenvalue weighted by atomic mass is 79.9. The van der Waals surface area contributed by atoms with Crippen molar-refractivity contribution >= 4 is 15.9 Å². The number of hydrogen-bond donors (Lipinski definition) is 0. The summed E-state index contributed by atoms with van der Waals surface area (Å²) in [5.74, 6) is 0.813. The summed E-state index contributed by atoms with van der Waals surface area (Å²) in [5.41, 5.74) is 0. The Morgan fingerprint density at radius 1 is 1.27 bits per heavy atom. The Morgan fingerprint density at radius 2 is 1.93 bits per heavy atom. The Kier molecular flexibility index (Phi) is 9.87. The third-order valence-corrected chi connectivity index (χ3v) is 3.41. The summed E-state index contributed by atoms with van der Waals surface area (Å²) >= 11 is 3.49. The largest absolute Gasteiger partial charge is 0.383 e. The van der Waals surface area contributed by atoms with E-state index in [4.69, 9.17) is 4.74 Å². The van der Waals surface area contributed by atoms with Crippen molar-refractivity contribution in [3.63, 3.8) is 0 Å². The van der Waals surface area contributed by atoms with Crippen molar-refractivity contribution in [2.75, 3.05) is 32.1 Å². The van der Waals surface area contributed by atoms with Gasteiger partial charge in [0.25, 0.3) is 0 Å². The molecule has 15 heavy (non-hydrogen) atoms. The molecule has 0 fully saturated rings. The van der Waals surface area contributed by atoms with E-state index in [2.05, 4.69) is 41.6 Å². The first kappa shape index (κ1) is 15.4. The van der Waals surface area contributed by atoms with Crippen molar-refractivity contribution in [3.05, 3.63) is 0 Å². The topological polar surface area (TPSA) is 12.5 Å². The molecular weight excluding hydrogens is 254 g/mol. The van der Waals surface area contributed by atoms with Crippen LogP contribution in [0.5, 0.6) is 0 Å². The van der Waals surface area contributed by atoms with Crippen LogP contribution in [0.1, 0.15) is 33.6 Å². The van der Waals surface area contributed by atoms with Gasteiger partial charge in [0.05, 0.1) is 6.61 Å². The Hall–Kier alpha value is 0.400. The van der Waals surface area contributed by atoms with Crippen LogP contribution in [0.25, 0.3) is 0 Å². The maximum Gasteiger partial charge on any atom is 0.0615 e. The lowest BCUT2D eigenvalue weighted by Crippen LogP contribution is -2.37. The number of likely N-dealkylation sites (N-methyl/N-ethyl adjacent to an activating group) is 1. The SMILES string of the molecule is CCN(CCC(C)CCBr)C(C)COC. The Balaban J connectivity index is 3.78. The van der Waals surface area contributed by atoms with Crippen LogP contribution >= 0.6 is 15.9 Å². The second-order valence-corrected chi connectivity index (χ2v) is 5.10. The van der Waals surface area contributed by atoms with E-state index in [0.29, 0.717) is 6.04 Å². The fourth-order valence-electron chi connectivity index (χ4n) is 1.75. The molecule has 0 heterocycles. The van der Waals surface area contributed by atoms with E-state index < -0.39 is 0 Å². The quantitative estimate of drug-likeness (QED) is 0.602. The summed E-state index contributed by atoms with van der Waals surface area (Å²) in [6.45, 7) is 9.93. The van der Waals surface area contributed by atoms with E-state index in [1.54, 1.807) is 7.11 Å². The summed E-state index contributed by atoms with van der Waals surface area (Å²) < 4.78 is 5.19. The van der Waals surface area contributed by atoms with Gasteiger partial charge in [-0.25, -0.2) is 0 Å². The van der Waals surface area contributed by atoms with Crippen molar-refractivity contribution in [2.45, 2.75) is 39.7 Å². The van der Waals surface area contributed by atoms with Gasteiger partial charge in [0.1, 0.15) is 0 Å². The highest BCUT2D eigenvalue weighted by Gasteiger charge is 2.12. The second-order valence-electron chi connectivity index (χ2n) is 4.30. The number of nitrogens with zero attached hydrogens (tertiary/aromatic N) is 1. The smallest absolute Gasteiger partial charge is 0.0615 e. The molecule has 0 aliphatic rings. The standard InChI is InChI=1S/C12H26BrNO/c1-5-14(12(3)10-15-4)9-7-11(2)6-8-13/h11-12H,5-10H2,1-4H3. The fourth-order valence-corrected chi connectivity index (χ4v) is 2.54. The minimum Gasteiger partial charge on any atom is -0.383 e. The third-order valence-electron chi connectivity index (χ3n) is 2.95. The number of ether oxygens (including phenoxy) is 1. The van der Waals surface area contributed by atoms with E-state index in [1.165, 1.54) is 19.4 Å². The Labute approximate surface area is 103 Å². The molecule has 0 aromatic heterocycles. The average Bonchev–Trinajstić information content (AvgIpc) is 2.19. The highest BCUT2D eigenvalue weighted by Crippen LogP contribution is 2.11. The van der Waals surface area contributed by atoms with Gasteiger partial charge in [-0.05, 0) is 38.8 Å². The first-order chi connectivity index (χ1) is 7.15. The van der Waals surface area contributed by atoms with Crippen molar-refractivity contribution in [2.24, 2.45) is 5.92 Å². The molecule has 0 saturated heterocycles. The monoisotopic (exact) mass is 279 g/mol. The molecule has 3 heteroatoms. The number of rotatable bonds is 9. The van der Waals surface area contributed by atoms with Crippen LogP contribution in [0, 0.1) is 5.92 Å². The van der Waals surface area contributed by atoms with Crippen LogP contribution in [0.3, 0.4) is 0 Å². The molecule has 0 aromatic carbocycles. The number of alkyl halides is 1. The fraction of sp³-hybridized carbons (Fsp3) is 1.00. The number of methoxy groups -OCH3 is 1. The number of hydrogen-bond acceptors (Lipinski definition) is 2. The third kappa shape index (κ3) is 7.31. The molecule has 92 valence electrons. The van der Waals surface area contributed by atoms with E-state index in [-0.39, 0.29) is 0 Å². The van der Waals surface area contributed by atoms with Gasteiger partial charge in [0.2, 0.25) is 0 Å². The lowest BCUT2D eigenvalue weighted by atomic mass is 10.0. The van der Waals surface area contributed by atoms with E-state index in [9.17, 15) is 0 Å².